The van der Waals surface area contributed by atoms with Crippen LogP contribution in [0.15, 0.2) is 24.3 Å². The van der Waals surface area contributed by atoms with Gasteiger partial charge in [-0.1, -0.05) is 49.8 Å². The minimum atomic E-state index is 0.470. The second kappa shape index (κ2) is 4.21. The highest BCUT2D eigenvalue weighted by molar-refractivity contribution is 7.80. The molecule has 0 aromatic heterocycles. The molecule has 0 unspecified atom stereocenters. The Bertz CT molecular complexity index is 264. The molecule has 0 aliphatic carbocycles. The molecule has 0 aliphatic rings. The fourth-order valence-corrected chi connectivity index (χ4v) is 1.26. The second-order valence-electron chi connectivity index (χ2n) is 2.81. The molecule has 0 saturated heterocycles. The van der Waals surface area contributed by atoms with Crippen LogP contribution in [0.2, 0.25) is 0 Å². The summed E-state index contributed by atoms with van der Waals surface area (Å²) >= 11 is 4.85. The van der Waals surface area contributed by atoms with Gasteiger partial charge >= 0.3 is 0 Å². The molecule has 2 heteroatoms. The number of aryl methyl sites for hydroxylation is 1. The van der Waals surface area contributed by atoms with Gasteiger partial charge < -0.3 is 5.73 Å². The van der Waals surface area contributed by atoms with Gasteiger partial charge in [0.05, 0.1) is 0 Å². The van der Waals surface area contributed by atoms with Crippen molar-refractivity contribution in [1.29, 1.82) is 0 Å². The molecule has 0 fully saturated rings. The Labute approximate surface area is 78.6 Å². The molecule has 1 aromatic rings. The van der Waals surface area contributed by atoms with E-state index in [0.29, 0.717) is 4.99 Å². The van der Waals surface area contributed by atoms with Crippen LogP contribution in [0.4, 0.5) is 0 Å². The van der Waals surface area contributed by atoms with Crippen molar-refractivity contribution in [3.8, 4) is 0 Å². The molecule has 0 aliphatic heterocycles. The van der Waals surface area contributed by atoms with Crippen LogP contribution in [0.5, 0.6) is 0 Å². The molecule has 0 atom stereocenters. The summed E-state index contributed by atoms with van der Waals surface area (Å²) in [5.74, 6) is 0. The monoisotopic (exact) mass is 179 g/mol. The number of thiocarbonyl (C=S) groups is 1. The standard InChI is InChI=1S/C10H13NS/c1-2-3-8-4-6-9(7-5-8)10(11)12/h4-7H,2-3H2,1H3,(H2,11,12). The normalized spacial score (nSPS) is 9.75. The molecule has 1 rings (SSSR count). The van der Waals surface area contributed by atoms with Crippen molar-refractivity contribution in [2.75, 3.05) is 0 Å². The van der Waals surface area contributed by atoms with Gasteiger partial charge in [-0.15, -0.1) is 0 Å². The fourth-order valence-electron chi connectivity index (χ4n) is 1.12. The molecule has 1 aromatic carbocycles. The first kappa shape index (κ1) is 9.20. The maximum Gasteiger partial charge on any atom is 0.103 e. The lowest BCUT2D eigenvalue weighted by Crippen LogP contribution is -2.08. The molecular weight excluding hydrogens is 166 g/mol. The summed E-state index contributed by atoms with van der Waals surface area (Å²) in [6, 6.07) is 8.12. The Morgan fingerprint density at radius 3 is 2.33 bits per heavy atom. The van der Waals surface area contributed by atoms with E-state index in [1.165, 1.54) is 12.0 Å². The molecule has 0 heterocycles. The highest BCUT2D eigenvalue weighted by Gasteiger charge is 1.95. The van der Waals surface area contributed by atoms with Crippen molar-refractivity contribution >= 4 is 17.2 Å². The van der Waals surface area contributed by atoms with E-state index in [-0.39, 0.29) is 0 Å². The van der Waals surface area contributed by atoms with E-state index in [1.54, 1.807) is 0 Å². The van der Waals surface area contributed by atoms with Crippen LogP contribution in [-0.2, 0) is 6.42 Å². The van der Waals surface area contributed by atoms with E-state index in [0.717, 1.165) is 12.0 Å². The molecule has 0 bridgehead atoms. The van der Waals surface area contributed by atoms with Gasteiger partial charge in [0.2, 0.25) is 0 Å². The Kier molecular flexibility index (Phi) is 3.23. The van der Waals surface area contributed by atoms with Crippen LogP contribution < -0.4 is 5.73 Å². The number of hydrogen-bond donors (Lipinski definition) is 1. The average Bonchev–Trinajstić information content (AvgIpc) is 2.06. The highest BCUT2D eigenvalue weighted by atomic mass is 32.1. The molecular formula is C10H13NS. The van der Waals surface area contributed by atoms with Gasteiger partial charge in [-0.05, 0) is 12.0 Å². The Morgan fingerprint density at radius 1 is 1.33 bits per heavy atom. The maximum absolute atomic E-state index is 5.47. The SMILES string of the molecule is CCCc1ccc(C(N)=S)cc1. The van der Waals surface area contributed by atoms with E-state index in [1.807, 2.05) is 12.1 Å². The lowest BCUT2D eigenvalue weighted by atomic mass is 10.1. The Morgan fingerprint density at radius 2 is 1.92 bits per heavy atom. The zero-order chi connectivity index (χ0) is 8.97. The molecule has 0 radical (unpaired) electrons. The first-order valence-corrected chi connectivity index (χ1v) is 4.53. The van der Waals surface area contributed by atoms with Crippen molar-refractivity contribution < 1.29 is 0 Å². The summed E-state index contributed by atoms with van der Waals surface area (Å²) in [6.07, 6.45) is 2.30. The third kappa shape index (κ3) is 2.31. The first-order chi connectivity index (χ1) is 5.74. The van der Waals surface area contributed by atoms with Gasteiger partial charge in [0, 0.05) is 5.56 Å². The number of benzene rings is 1. The summed E-state index contributed by atoms with van der Waals surface area (Å²) in [4.78, 5) is 0.470. The Hall–Kier alpha value is -0.890. The van der Waals surface area contributed by atoms with E-state index in [2.05, 4.69) is 19.1 Å². The second-order valence-corrected chi connectivity index (χ2v) is 3.25. The Balaban J connectivity index is 2.78. The third-order valence-corrected chi connectivity index (χ3v) is 2.01. The van der Waals surface area contributed by atoms with Crippen LogP contribution in [0, 0.1) is 0 Å². The first-order valence-electron chi connectivity index (χ1n) is 4.12. The van der Waals surface area contributed by atoms with Gasteiger partial charge in [-0.2, -0.15) is 0 Å². The van der Waals surface area contributed by atoms with Gasteiger partial charge in [-0.3, -0.25) is 0 Å². The minimum Gasteiger partial charge on any atom is -0.389 e. The summed E-state index contributed by atoms with van der Waals surface area (Å²) in [7, 11) is 0. The molecule has 0 spiro atoms. The molecule has 2 N–H and O–H groups in total. The van der Waals surface area contributed by atoms with Gasteiger partial charge in [-0.25, -0.2) is 0 Å². The van der Waals surface area contributed by atoms with Crippen molar-refractivity contribution in [3.05, 3.63) is 35.4 Å². The van der Waals surface area contributed by atoms with E-state index < -0.39 is 0 Å². The minimum absolute atomic E-state index is 0.470. The maximum atomic E-state index is 5.47. The van der Waals surface area contributed by atoms with Crippen molar-refractivity contribution in [2.45, 2.75) is 19.8 Å². The number of hydrogen-bond acceptors (Lipinski definition) is 1. The van der Waals surface area contributed by atoms with Crippen molar-refractivity contribution in [3.63, 3.8) is 0 Å². The van der Waals surface area contributed by atoms with Crippen molar-refractivity contribution in [2.24, 2.45) is 5.73 Å². The lowest BCUT2D eigenvalue weighted by molar-refractivity contribution is 0.922. The van der Waals surface area contributed by atoms with Crippen LogP contribution in [0.3, 0.4) is 0 Å². The largest absolute Gasteiger partial charge is 0.389 e. The molecule has 12 heavy (non-hydrogen) atoms. The summed E-state index contributed by atoms with van der Waals surface area (Å²) in [5.41, 5.74) is 7.76. The molecule has 1 nitrogen and oxygen atoms in total. The predicted octanol–water partition coefficient (Wildman–Crippen LogP) is 2.27. The summed E-state index contributed by atoms with van der Waals surface area (Å²) in [5, 5.41) is 0. The average molecular weight is 179 g/mol. The zero-order valence-electron chi connectivity index (χ0n) is 7.21. The number of nitrogens with two attached hydrogens (primary N) is 1. The molecule has 64 valence electrons. The van der Waals surface area contributed by atoms with Gasteiger partial charge in [0.25, 0.3) is 0 Å². The van der Waals surface area contributed by atoms with Crippen molar-refractivity contribution in [1.82, 2.24) is 0 Å². The van der Waals surface area contributed by atoms with E-state index in [9.17, 15) is 0 Å². The fraction of sp³-hybridized carbons (Fsp3) is 0.300. The van der Waals surface area contributed by atoms with E-state index >= 15 is 0 Å². The lowest BCUT2D eigenvalue weighted by Gasteiger charge is -2.00. The van der Waals surface area contributed by atoms with Gasteiger partial charge in [0.1, 0.15) is 4.99 Å². The van der Waals surface area contributed by atoms with Crippen LogP contribution in [-0.4, -0.2) is 4.99 Å². The topological polar surface area (TPSA) is 26.0 Å². The van der Waals surface area contributed by atoms with Crippen LogP contribution >= 0.6 is 12.2 Å². The molecule has 0 amide bonds. The van der Waals surface area contributed by atoms with E-state index in [4.69, 9.17) is 18.0 Å². The molecule has 0 saturated carbocycles. The smallest absolute Gasteiger partial charge is 0.103 e. The summed E-state index contributed by atoms with van der Waals surface area (Å²) in [6.45, 7) is 2.17. The summed E-state index contributed by atoms with van der Waals surface area (Å²) < 4.78 is 0. The predicted molar refractivity (Wildman–Crippen MR) is 56.3 cm³/mol. The quantitative estimate of drug-likeness (QED) is 0.720. The third-order valence-electron chi connectivity index (χ3n) is 1.78. The zero-order valence-corrected chi connectivity index (χ0v) is 8.03. The van der Waals surface area contributed by atoms with Crippen LogP contribution in [0.1, 0.15) is 24.5 Å². The number of rotatable bonds is 3. The van der Waals surface area contributed by atoms with Gasteiger partial charge in [0.15, 0.2) is 0 Å². The highest BCUT2D eigenvalue weighted by Crippen LogP contribution is 2.06. The van der Waals surface area contributed by atoms with Crippen LogP contribution in [0.25, 0.3) is 0 Å².